The van der Waals surface area contributed by atoms with E-state index < -0.39 is 17.4 Å². The third-order valence-electron chi connectivity index (χ3n) is 2.86. The van der Waals surface area contributed by atoms with Crippen molar-refractivity contribution in [2.24, 2.45) is 5.41 Å². The van der Waals surface area contributed by atoms with Gasteiger partial charge in [-0.2, -0.15) is 0 Å². The van der Waals surface area contributed by atoms with Crippen molar-refractivity contribution in [1.82, 2.24) is 0 Å². The van der Waals surface area contributed by atoms with E-state index in [-0.39, 0.29) is 6.42 Å². The van der Waals surface area contributed by atoms with E-state index in [4.69, 9.17) is 10.2 Å². The Labute approximate surface area is 88.6 Å². The van der Waals surface area contributed by atoms with Gasteiger partial charge in [0, 0.05) is 0 Å². The smallest absolute Gasteiger partial charge is 0.324 e. The van der Waals surface area contributed by atoms with Crippen LogP contribution in [0.25, 0.3) is 0 Å². The first kappa shape index (κ1) is 11.8. The SMILES string of the molecule is O=C(O)C1(C(=O)O)C=CCCCCCC1. The van der Waals surface area contributed by atoms with E-state index in [1.165, 1.54) is 6.08 Å². The van der Waals surface area contributed by atoms with Crippen LogP contribution in [0.3, 0.4) is 0 Å². The van der Waals surface area contributed by atoms with Crippen LogP contribution in [-0.4, -0.2) is 22.2 Å². The van der Waals surface area contributed by atoms with Crippen molar-refractivity contribution in [2.45, 2.75) is 38.5 Å². The number of carbonyl (C=O) groups is 2. The molecular weight excluding hydrogens is 196 g/mol. The third kappa shape index (κ3) is 2.58. The molecule has 0 radical (unpaired) electrons. The van der Waals surface area contributed by atoms with Crippen LogP contribution in [0, 0.1) is 5.41 Å². The van der Waals surface area contributed by atoms with Crippen LogP contribution >= 0.6 is 0 Å². The van der Waals surface area contributed by atoms with Crippen molar-refractivity contribution >= 4 is 11.9 Å². The second kappa shape index (κ2) is 4.96. The van der Waals surface area contributed by atoms with Gasteiger partial charge in [0.25, 0.3) is 0 Å². The van der Waals surface area contributed by atoms with Crippen LogP contribution in [0.2, 0.25) is 0 Å². The first-order chi connectivity index (χ1) is 7.09. The lowest BCUT2D eigenvalue weighted by atomic mass is 9.82. The number of allylic oxidation sites excluding steroid dienone is 1. The molecule has 0 unspecified atom stereocenters. The van der Waals surface area contributed by atoms with Crippen molar-refractivity contribution < 1.29 is 19.8 Å². The minimum atomic E-state index is -1.70. The Hall–Kier alpha value is -1.32. The van der Waals surface area contributed by atoms with Gasteiger partial charge in [-0.15, -0.1) is 0 Å². The standard InChI is InChI=1S/C11H16O4/c12-9(13)11(10(14)15)7-5-3-1-2-4-6-8-11/h5,7H,1-4,6,8H2,(H,12,13)(H,14,15). The van der Waals surface area contributed by atoms with E-state index in [0.717, 1.165) is 25.7 Å². The number of hydrogen-bond acceptors (Lipinski definition) is 2. The van der Waals surface area contributed by atoms with Gasteiger partial charge in [0.2, 0.25) is 0 Å². The van der Waals surface area contributed by atoms with Gasteiger partial charge in [0.05, 0.1) is 0 Å². The molecule has 0 saturated carbocycles. The fourth-order valence-corrected chi connectivity index (χ4v) is 1.84. The maximum Gasteiger partial charge on any atom is 0.324 e. The molecule has 1 aliphatic rings. The van der Waals surface area contributed by atoms with E-state index in [1.807, 2.05) is 0 Å². The minimum absolute atomic E-state index is 0.189. The van der Waals surface area contributed by atoms with E-state index in [1.54, 1.807) is 6.08 Å². The molecule has 0 aliphatic heterocycles. The summed E-state index contributed by atoms with van der Waals surface area (Å²) in [5.41, 5.74) is -1.70. The minimum Gasteiger partial charge on any atom is -0.480 e. The highest BCUT2D eigenvalue weighted by atomic mass is 16.4. The summed E-state index contributed by atoms with van der Waals surface area (Å²) in [6.45, 7) is 0. The molecule has 4 heteroatoms. The van der Waals surface area contributed by atoms with Crippen LogP contribution < -0.4 is 0 Å². The molecule has 1 aliphatic carbocycles. The molecule has 0 amide bonds. The summed E-state index contributed by atoms with van der Waals surface area (Å²) in [5, 5.41) is 18.1. The lowest BCUT2D eigenvalue weighted by Crippen LogP contribution is -2.37. The Morgan fingerprint density at radius 1 is 1.00 bits per heavy atom. The van der Waals surface area contributed by atoms with E-state index in [0.29, 0.717) is 6.42 Å². The van der Waals surface area contributed by atoms with Gasteiger partial charge in [-0.3, -0.25) is 9.59 Å². The van der Waals surface area contributed by atoms with Crippen LogP contribution in [0.15, 0.2) is 12.2 Å². The zero-order valence-electron chi connectivity index (χ0n) is 8.61. The van der Waals surface area contributed by atoms with E-state index >= 15 is 0 Å². The first-order valence-electron chi connectivity index (χ1n) is 5.24. The van der Waals surface area contributed by atoms with Crippen LogP contribution in [0.4, 0.5) is 0 Å². The Balaban J connectivity index is 2.95. The van der Waals surface area contributed by atoms with Gasteiger partial charge in [-0.25, -0.2) is 0 Å². The van der Waals surface area contributed by atoms with Gasteiger partial charge < -0.3 is 10.2 Å². The molecule has 4 nitrogen and oxygen atoms in total. The zero-order valence-corrected chi connectivity index (χ0v) is 8.61. The quantitative estimate of drug-likeness (QED) is 0.542. The molecule has 2 N–H and O–H groups in total. The Morgan fingerprint density at radius 3 is 2.20 bits per heavy atom. The second-order valence-electron chi connectivity index (χ2n) is 3.94. The number of hydrogen-bond donors (Lipinski definition) is 2. The highest BCUT2D eigenvalue weighted by molar-refractivity contribution is 6.00. The molecule has 0 aromatic heterocycles. The predicted octanol–water partition coefficient (Wildman–Crippen LogP) is 2.05. The summed E-state index contributed by atoms with van der Waals surface area (Å²) >= 11 is 0. The molecule has 0 spiro atoms. The average molecular weight is 212 g/mol. The van der Waals surface area contributed by atoms with E-state index in [2.05, 4.69) is 0 Å². The molecule has 1 rings (SSSR count). The summed E-state index contributed by atoms with van der Waals surface area (Å²) in [6, 6.07) is 0. The molecule has 0 atom stereocenters. The van der Waals surface area contributed by atoms with Crippen molar-refractivity contribution in [1.29, 1.82) is 0 Å². The predicted molar refractivity (Wildman–Crippen MR) is 54.5 cm³/mol. The maximum absolute atomic E-state index is 11.1. The monoisotopic (exact) mass is 212 g/mol. The molecule has 0 fully saturated rings. The molecule has 0 bridgehead atoms. The lowest BCUT2D eigenvalue weighted by molar-refractivity contribution is -0.161. The van der Waals surface area contributed by atoms with Crippen molar-refractivity contribution in [2.75, 3.05) is 0 Å². The summed E-state index contributed by atoms with van der Waals surface area (Å²) in [5.74, 6) is -2.51. The van der Waals surface area contributed by atoms with Crippen molar-refractivity contribution in [3.8, 4) is 0 Å². The number of aliphatic carboxylic acids is 2. The number of carboxylic acid groups (broad SMARTS) is 2. The summed E-state index contributed by atoms with van der Waals surface area (Å²) in [6.07, 6.45) is 7.60. The number of rotatable bonds is 2. The third-order valence-corrected chi connectivity index (χ3v) is 2.86. The zero-order chi connectivity index (χ0) is 11.3. The molecule has 15 heavy (non-hydrogen) atoms. The first-order valence-corrected chi connectivity index (χ1v) is 5.24. The van der Waals surface area contributed by atoms with Crippen LogP contribution in [0.5, 0.6) is 0 Å². The molecule has 0 aromatic carbocycles. The molecule has 0 heterocycles. The molecular formula is C11H16O4. The molecule has 84 valence electrons. The lowest BCUT2D eigenvalue weighted by Gasteiger charge is -2.20. The summed E-state index contributed by atoms with van der Waals surface area (Å²) in [4.78, 5) is 22.1. The molecule has 0 saturated heterocycles. The highest BCUT2D eigenvalue weighted by Crippen LogP contribution is 2.30. The van der Waals surface area contributed by atoms with Crippen molar-refractivity contribution in [3.63, 3.8) is 0 Å². The van der Waals surface area contributed by atoms with Gasteiger partial charge in [-0.1, -0.05) is 31.4 Å². The molecule has 0 aromatic rings. The topological polar surface area (TPSA) is 74.6 Å². The van der Waals surface area contributed by atoms with Crippen molar-refractivity contribution in [3.05, 3.63) is 12.2 Å². The fourth-order valence-electron chi connectivity index (χ4n) is 1.84. The largest absolute Gasteiger partial charge is 0.480 e. The summed E-state index contributed by atoms with van der Waals surface area (Å²) in [7, 11) is 0. The average Bonchev–Trinajstić information content (AvgIpc) is 2.28. The Morgan fingerprint density at radius 2 is 1.60 bits per heavy atom. The Kier molecular flexibility index (Phi) is 3.88. The number of carboxylic acids is 2. The highest BCUT2D eigenvalue weighted by Gasteiger charge is 2.43. The van der Waals surface area contributed by atoms with Gasteiger partial charge in [0.15, 0.2) is 5.41 Å². The maximum atomic E-state index is 11.1. The van der Waals surface area contributed by atoms with Gasteiger partial charge in [-0.05, 0) is 19.3 Å². The Bertz CT molecular complexity index is 266. The van der Waals surface area contributed by atoms with Crippen LogP contribution in [0.1, 0.15) is 38.5 Å². The van der Waals surface area contributed by atoms with E-state index in [9.17, 15) is 9.59 Å². The van der Waals surface area contributed by atoms with Gasteiger partial charge in [0.1, 0.15) is 0 Å². The summed E-state index contributed by atoms with van der Waals surface area (Å²) < 4.78 is 0. The fraction of sp³-hybridized carbons (Fsp3) is 0.636. The van der Waals surface area contributed by atoms with Gasteiger partial charge >= 0.3 is 11.9 Å². The second-order valence-corrected chi connectivity index (χ2v) is 3.94. The van der Waals surface area contributed by atoms with Crippen LogP contribution in [-0.2, 0) is 9.59 Å². The normalized spacial score (nSPS) is 21.1.